The molecule has 1 amide bonds. The number of fused-ring (bicyclic) bond motifs is 1. The molecule has 2 unspecified atom stereocenters. The Kier molecular flexibility index (Phi) is 4.23. The predicted molar refractivity (Wildman–Crippen MR) is 73.5 cm³/mol. The molecule has 1 aliphatic heterocycles. The molecule has 2 atom stereocenters. The second-order valence-electron chi connectivity index (χ2n) is 4.82. The minimum Gasteiger partial charge on any atom is -0.480 e. The van der Waals surface area contributed by atoms with E-state index >= 15 is 0 Å². The fraction of sp³-hybridized carbons (Fsp3) is 0.357. The maximum atomic E-state index is 12.3. The van der Waals surface area contributed by atoms with Crippen molar-refractivity contribution in [1.29, 1.82) is 0 Å². The maximum Gasteiger partial charge on any atom is 0.323 e. The number of esters is 1. The quantitative estimate of drug-likeness (QED) is 0.782. The molecule has 1 heterocycles. The Labute approximate surface area is 121 Å². The lowest BCUT2D eigenvalue weighted by Gasteiger charge is -2.22. The third-order valence-corrected chi connectivity index (χ3v) is 3.23. The van der Waals surface area contributed by atoms with E-state index in [0.29, 0.717) is 11.3 Å². The number of aliphatic carboxylic acids is 1. The summed E-state index contributed by atoms with van der Waals surface area (Å²) in [5.41, 5.74) is 6.80. The van der Waals surface area contributed by atoms with Crippen LogP contribution in [0.2, 0.25) is 0 Å². The van der Waals surface area contributed by atoms with Crippen LogP contribution < -0.4 is 10.6 Å². The molecule has 0 fully saturated rings. The van der Waals surface area contributed by atoms with Crippen LogP contribution in [0.25, 0.3) is 0 Å². The molecule has 0 aliphatic carbocycles. The number of nitrogens with zero attached hydrogens (tertiary/aromatic N) is 1. The summed E-state index contributed by atoms with van der Waals surface area (Å²) in [5.74, 6) is -2.13. The lowest BCUT2D eigenvalue weighted by Crippen LogP contribution is -2.45. The number of hydrogen-bond acceptors (Lipinski definition) is 5. The number of rotatable bonds is 3. The molecule has 7 heteroatoms. The number of ether oxygens (including phenoxy) is 1. The number of benzene rings is 1. The van der Waals surface area contributed by atoms with Gasteiger partial charge in [0, 0.05) is 18.9 Å². The second-order valence-corrected chi connectivity index (χ2v) is 4.82. The van der Waals surface area contributed by atoms with E-state index in [-0.39, 0.29) is 6.42 Å². The Morgan fingerprint density at radius 3 is 2.71 bits per heavy atom. The summed E-state index contributed by atoms with van der Waals surface area (Å²) in [6, 6.07) is 5.80. The zero-order valence-electron chi connectivity index (χ0n) is 11.5. The predicted octanol–water partition coefficient (Wildman–Crippen LogP) is 0.439. The summed E-state index contributed by atoms with van der Waals surface area (Å²) in [6.45, 7) is 0.784. The Morgan fingerprint density at radius 1 is 1.43 bits per heavy atom. The van der Waals surface area contributed by atoms with Gasteiger partial charge in [0.05, 0.1) is 11.7 Å². The van der Waals surface area contributed by atoms with Crippen molar-refractivity contribution in [2.24, 2.45) is 5.73 Å². The summed E-state index contributed by atoms with van der Waals surface area (Å²) in [7, 11) is 0. The summed E-state index contributed by atoms with van der Waals surface area (Å²) < 4.78 is 5.22. The van der Waals surface area contributed by atoms with Crippen LogP contribution in [-0.4, -0.2) is 35.5 Å². The van der Waals surface area contributed by atoms with E-state index in [2.05, 4.69) is 0 Å². The fourth-order valence-corrected chi connectivity index (χ4v) is 2.39. The van der Waals surface area contributed by atoms with Gasteiger partial charge in [0.25, 0.3) is 0 Å². The molecule has 21 heavy (non-hydrogen) atoms. The molecule has 3 N–H and O–H groups in total. The van der Waals surface area contributed by atoms with Crippen molar-refractivity contribution < 1.29 is 24.2 Å². The van der Waals surface area contributed by atoms with Gasteiger partial charge < -0.3 is 15.6 Å². The molecular weight excluding hydrogens is 276 g/mol. The van der Waals surface area contributed by atoms with Crippen LogP contribution in [0.1, 0.15) is 25.0 Å². The van der Waals surface area contributed by atoms with Gasteiger partial charge in [0.2, 0.25) is 5.91 Å². The first-order chi connectivity index (χ1) is 9.90. The Hall–Kier alpha value is -2.41. The van der Waals surface area contributed by atoms with Gasteiger partial charge in [-0.3, -0.25) is 19.3 Å². The van der Waals surface area contributed by atoms with Crippen molar-refractivity contribution in [3.05, 3.63) is 29.8 Å². The molecule has 7 nitrogen and oxygen atoms in total. The molecule has 112 valence electrons. The molecule has 0 saturated carbocycles. The Morgan fingerprint density at radius 2 is 2.10 bits per heavy atom. The molecule has 0 saturated heterocycles. The van der Waals surface area contributed by atoms with Crippen LogP contribution in [0.4, 0.5) is 5.69 Å². The van der Waals surface area contributed by atoms with Gasteiger partial charge in [0.1, 0.15) is 12.6 Å². The van der Waals surface area contributed by atoms with Gasteiger partial charge in [-0.15, -0.1) is 0 Å². The van der Waals surface area contributed by atoms with E-state index in [4.69, 9.17) is 15.6 Å². The number of carboxylic acids is 1. The third-order valence-electron chi connectivity index (χ3n) is 3.23. The minimum absolute atomic E-state index is 0.117. The summed E-state index contributed by atoms with van der Waals surface area (Å²) in [4.78, 5) is 35.6. The van der Waals surface area contributed by atoms with Crippen molar-refractivity contribution in [3.63, 3.8) is 0 Å². The van der Waals surface area contributed by atoms with Crippen LogP contribution >= 0.6 is 0 Å². The normalized spacial score (nSPS) is 21.4. The van der Waals surface area contributed by atoms with Crippen molar-refractivity contribution in [2.45, 2.75) is 25.5 Å². The molecular formula is C14H16N2O5. The maximum absolute atomic E-state index is 12.3. The molecule has 1 aliphatic rings. The highest BCUT2D eigenvalue weighted by molar-refractivity contribution is 6.01. The number of para-hydroxylation sites is 1. The van der Waals surface area contributed by atoms with Gasteiger partial charge in [-0.2, -0.15) is 0 Å². The number of carbonyl (C=O) groups is 3. The van der Waals surface area contributed by atoms with Crippen LogP contribution in [0, 0.1) is 0 Å². The Balaban J connectivity index is 2.49. The van der Waals surface area contributed by atoms with Gasteiger partial charge >= 0.3 is 11.9 Å². The van der Waals surface area contributed by atoms with E-state index in [1.165, 1.54) is 6.92 Å². The van der Waals surface area contributed by atoms with Gasteiger partial charge in [-0.25, -0.2) is 0 Å². The first kappa shape index (κ1) is 15.0. The van der Waals surface area contributed by atoms with Crippen LogP contribution in [0.15, 0.2) is 24.3 Å². The fourth-order valence-electron chi connectivity index (χ4n) is 2.39. The molecule has 1 aromatic carbocycles. The molecule has 0 radical (unpaired) electrons. The number of carbonyl (C=O) groups excluding carboxylic acids is 2. The zero-order chi connectivity index (χ0) is 15.6. The smallest absolute Gasteiger partial charge is 0.323 e. The van der Waals surface area contributed by atoms with Crippen molar-refractivity contribution in [2.75, 3.05) is 11.4 Å². The van der Waals surface area contributed by atoms with Gasteiger partial charge in [0.15, 0.2) is 0 Å². The van der Waals surface area contributed by atoms with Crippen molar-refractivity contribution in [3.8, 4) is 0 Å². The minimum atomic E-state index is -1.14. The summed E-state index contributed by atoms with van der Waals surface area (Å²) in [6.07, 6.45) is -0.553. The van der Waals surface area contributed by atoms with Crippen LogP contribution in [0.5, 0.6) is 0 Å². The topological polar surface area (TPSA) is 110 Å². The summed E-state index contributed by atoms with van der Waals surface area (Å²) >= 11 is 0. The van der Waals surface area contributed by atoms with E-state index in [1.807, 2.05) is 0 Å². The number of carboxylic acid groups (broad SMARTS) is 1. The summed E-state index contributed by atoms with van der Waals surface area (Å²) in [5, 5.41) is 8.98. The Bertz CT molecular complexity index is 586. The lowest BCUT2D eigenvalue weighted by molar-refractivity contribution is -0.147. The van der Waals surface area contributed by atoms with E-state index in [1.54, 1.807) is 24.3 Å². The van der Waals surface area contributed by atoms with E-state index in [9.17, 15) is 14.4 Å². The molecule has 0 spiro atoms. The SMILES string of the molecule is CC(=O)OC1CC(N)C(=O)N(CC(=O)O)c2ccccc21. The number of nitrogens with two attached hydrogens (primary N) is 1. The zero-order valence-corrected chi connectivity index (χ0v) is 11.5. The average molecular weight is 292 g/mol. The highest BCUT2D eigenvalue weighted by Crippen LogP contribution is 2.35. The standard InChI is InChI=1S/C14H16N2O5/c1-8(17)21-12-6-10(15)14(20)16(7-13(18)19)11-5-3-2-4-9(11)12/h2-5,10,12H,6-7,15H2,1H3,(H,18,19). The molecule has 2 rings (SSSR count). The highest BCUT2D eigenvalue weighted by Gasteiger charge is 2.35. The monoisotopic (exact) mass is 292 g/mol. The number of anilines is 1. The van der Waals surface area contributed by atoms with E-state index in [0.717, 1.165) is 4.90 Å². The second kappa shape index (κ2) is 5.92. The molecule has 0 bridgehead atoms. The highest BCUT2D eigenvalue weighted by atomic mass is 16.5. The lowest BCUT2D eigenvalue weighted by atomic mass is 10.0. The average Bonchev–Trinajstić information content (AvgIpc) is 2.50. The van der Waals surface area contributed by atoms with Crippen LogP contribution in [-0.2, 0) is 19.1 Å². The largest absolute Gasteiger partial charge is 0.480 e. The molecule has 0 aromatic heterocycles. The molecule has 1 aromatic rings. The first-order valence-corrected chi connectivity index (χ1v) is 6.45. The van der Waals surface area contributed by atoms with Gasteiger partial charge in [-0.05, 0) is 6.07 Å². The first-order valence-electron chi connectivity index (χ1n) is 6.45. The van der Waals surface area contributed by atoms with Crippen LogP contribution in [0.3, 0.4) is 0 Å². The third kappa shape index (κ3) is 3.19. The van der Waals surface area contributed by atoms with Crippen molar-refractivity contribution >= 4 is 23.5 Å². The number of amides is 1. The van der Waals surface area contributed by atoms with E-state index < -0.39 is 36.5 Å². The van der Waals surface area contributed by atoms with Gasteiger partial charge in [-0.1, -0.05) is 18.2 Å². The van der Waals surface area contributed by atoms with Crippen molar-refractivity contribution in [1.82, 2.24) is 0 Å². The number of hydrogen-bond donors (Lipinski definition) is 2.